The lowest BCUT2D eigenvalue weighted by molar-refractivity contribution is -0.147. The molecule has 2 aromatic rings. The summed E-state index contributed by atoms with van der Waals surface area (Å²) in [6.45, 7) is 5.39. The molecule has 1 aliphatic heterocycles. The summed E-state index contributed by atoms with van der Waals surface area (Å²) < 4.78 is 6.44. The van der Waals surface area contributed by atoms with Crippen LogP contribution < -0.4 is 4.90 Å². The van der Waals surface area contributed by atoms with Gasteiger partial charge in [0, 0.05) is 35.0 Å². The van der Waals surface area contributed by atoms with Gasteiger partial charge in [-0.25, -0.2) is 0 Å². The predicted molar refractivity (Wildman–Crippen MR) is 101 cm³/mol. The first kappa shape index (κ1) is 17.7. The second-order valence-electron chi connectivity index (χ2n) is 6.43. The normalized spacial score (nSPS) is 19.3. The van der Waals surface area contributed by atoms with E-state index in [1.165, 1.54) is 6.92 Å². The number of nitrogens with zero attached hydrogens (tertiary/aromatic N) is 1. The van der Waals surface area contributed by atoms with Gasteiger partial charge in [0.2, 0.25) is 0 Å². The van der Waals surface area contributed by atoms with Gasteiger partial charge in [-0.15, -0.1) is 0 Å². The Morgan fingerprint density at radius 1 is 1.16 bits per heavy atom. The van der Waals surface area contributed by atoms with Gasteiger partial charge in [0.05, 0.1) is 5.69 Å². The van der Waals surface area contributed by atoms with E-state index in [4.69, 9.17) is 4.74 Å². The summed E-state index contributed by atoms with van der Waals surface area (Å²) in [7, 11) is 0. The van der Waals surface area contributed by atoms with Crippen molar-refractivity contribution < 1.29 is 14.3 Å². The zero-order valence-corrected chi connectivity index (χ0v) is 16.0. The topological polar surface area (TPSA) is 46.6 Å². The number of rotatable bonds is 2. The molecule has 0 N–H and O–H groups in total. The molecule has 130 valence electrons. The molecule has 0 radical (unpaired) electrons. The van der Waals surface area contributed by atoms with E-state index in [9.17, 15) is 9.59 Å². The Hall–Kier alpha value is -2.14. The van der Waals surface area contributed by atoms with Crippen molar-refractivity contribution in [2.45, 2.75) is 39.3 Å². The quantitative estimate of drug-likeness (QED) is 0.678. The number of halogens is 1. The molecule has 25 heavy (non-hydrogen) atoms. The summed E-state index contributed by atoms with van der Waals surface area (Å²) in [5.41, 5.74) is 3.40. The molecule has 1 amide bonds. The number of benzene rings is 2. The Bertz CT molecular complexity index is 816. The summed E-state index contributed by atoms with van der Waals surface area (Å²) in [4.78, 5) is 26.4. The number of ether oxygens (including phenoxy) is 1. The number of amides is 1. The molecule has 1 heterocycles. The van der Waals surface area contributed by atoms with Crippen LogP contribution in [0.3, 0.4) is 0 Å². The van der Waals surface area contributed by atoms with E-state index in [0.717, 1.165) is 21.3 Å². The fourth-order valence-electron chi connectivity index (χ4n) is 3.28. The lowest BCUT2D eigenvalue weighted by Crippen LogP contribution is -2.43. The number of aryl methyl sites for hydroxylation is 1. The lowest BCUT2D eigenvalue weighted by atomic mass is 9.91. The van der Waals surface area contributed by atoms with Crippen LogP contribution in [0.25, 0.3) is 0 Å². The number of hydrogen-bond acceptors (Lipinski definition) is 3. The van der Waals surface area contributed by atoms with Gasteiger partial charge in [-0.1, -0.05) is 33.6 Å². The van der Waals surface area contributed by atoms with E-state index >= 15 is 0 Å². The van der Waals surface area contributed by atoms with Crippen LogP contribution in [0, 0.1) is 6.92 Å². The molecule has 0 spiro atoms. The second kappa shape index (κ2) is 7.00. The molecule has 5 heteroatoms. The number of fused-ring (bicyclic) bond motifs is 1. The molecule has 3 rings (SSSR count). The molecule has 0 fully saturated rings. The number of hydrogen-bond donors (Lipinski definition) is 0. The van der Waals surface area contributed by atoms with E-state index in [2.05, 4.69) is 15.9 Å². The van der Waals surface area contributed by atoms with Gasteiger partial charge in [0.1, 0.15) is 6.10 Å². The summed E-state index contributed by atoms with van der Waals surface area (Å²) >= 11 is 3.39. The Morgan fingerprint density at radius 3 is 2.48 bits per heavy atom. The predicted octanol–water partition coefficient (Wildman–Crippen LogP) is 4.80. The summed E-state index contributed by atoms with van der Waals surface area (Å²) in [5.74, 6) is -0.358. The molecule has 0 aliphatic carbocycles. The maximum Gasteiger partial charge on any atom is 0.303 e. The van der Waals surface area contributed by atoms with Gasteiger partial charge >= 0.3 is 5.97 Å². The average Bonchev–Trinajstić information content (AvgIpc) is 2.55. The van der Waals surface area contributed by atoms with Crippen molar-refractivity contribution in [3.05, 3.63) is 63.6 Å². The van der Waals surface area contributed by atoms with Crippen LogP contribution in [0.1, 0.15) is 47.9 Å². The third-order valence-corrected chi connectivity index (χ3v) is 4.93. The third-order valence-electron chi connectivity index (χ3n) is 4.40. The number of esters is 1. The molecule has 0 unspecified atom stereocenters. The first-order valence-electron chi connectivity index (χ1n) is 8.23. The molecule has 0 bridgehead atoms. The molecule has 1 aliphatic rings. The minimum atomic E-state index is -0.323. The van der Waals surface area contributed by atoms with E-state index < -0.39 is 0 Å². The van der Waals surface area contributed by atoms with Gasteiger partial charge in [0.15, 0.2) is 0 Å². The number of anilines is 1. The lowest BCUT2D eigenvalue weighted by Gasteiger charge is -2.39. The van der Waals surface area contributed by atoms with Crippen LogP contribution in [0.2, 0.25) is 0 Å². The van der Waals surface area contributed by atoms with Crippen molar-refractivity contribution in [1.29, 1.82) is 0 Å². The van der Waals surface area contributed by atoms with Gasteiger partial charge < -0.3 is 9.64 Å². The van der Waals surface area contributed by atoms with Crippen LogP contribution in [-0.2, 0) is 9.53 Å². The van der Waals surface area contributed by atoms with Gasteiger partial charge in [-0.3, -0.25) is 9.59 Å². The molecule has 0 saturated carbocycles. The molecule has 2 aromatic carbocycles. The number of carbonyl (C=O) groups is 2. The minimum absolute atomic E-state index is 0.0496. The number of carbonyl (C=O) groups excluding carboxylic acids is 2. The zero-order valence-electron chi connectivity index (χ0n) is 14.5. The van der Waals surface area contributed by atoms with Gasteiger partial charge in [0.25, 0.3) is 5.91 Å². The molecule has 4 nitrogen and oxygen atoms in total. The van der Waals surface area contributed by atoms with Crippen molar-refractivity contribution >= 4 is 33.5 Å². The summed E-state index contributed by atoms with van der Waals surface area (Å²) in [5, 5.41) is 0. The molecule has 0 saturated heterocycles. The first-order valence-corrected chi connectivity index (χ1v) is 9.03. The SMILES string of the molecule is CC(=O)O[C@H]1C[C@@H](C)N(C(=O)c2ccc(Br)cc2)c2ccc(C)cc21. The Kier molecular flexibility index (Phi) is 4.95. The maximum atomic E-state index is 13.1. The third kappa shape index (κ3) is 3.61. The van der Waals surface area contributed by atoms with Crippen molar-refractivity contribution in [2.24, 2.45) is 0 Å². The van der Waals surface area contributed by atoms with Crippen molar-refractivity contribution in [2.75, 3.05) is 4.90 Å². The summed E-state index contributed by atoms with van der Waals surface area (Å²) in [6.07, 6.45) is 0.259. The van der Waals surface area contributed by atoms with Crippen LogP contribution in [0.4, 0.5) is 5.69 Å². The average molecular weight is 402 g/mol. The van der Waals surface area contributed by atoms with Gasteiger partial charge in [-0.05, 0) is 44.2 Å². The maximum absolute atomic E-state index is 13.1. The Morgan fingerprint density at radius 2 is 1.84 bits per heavy atom. The van der Waals surface area contributed by atoms with E-state index in [-0.39, 0.29) is 24.0 Å². The van der Waals surface area contributed by atoms with E-state index in [0.29, 0.717) is 12.0 Å². The van der Waals surface area contributed by atoms with E-state index in [1.54, 1.807) is 4.90 Å². The smallest absolute Gasteiger partial charge is 0.303 e. The molecular formula is C20H20BrNO3. The fraction of sp³-hybridized carbons (Fsp3) is 0.300. The van der Waals surface area contributed by atoms with Crippen molar-refractivity contribution in [3.8, 4) is 0 Å². The van der Waals surface area contributed by atoms with Crippen molar-refractivity contribution in [3.63, 3.8) is 0 Å². The zero-order chi connectivity index (χ0) is 18.1. The first-order chi connectivity index (χ1) is 11.9. The monoisotopic (exact) mass is 401 g/mol. The van der Waals surface area contributed by atoms with Crippen LogP contribution >= 0.6 is 15.9 Å². The standard InChI is InChI=1S/C20H20BrNO3/c1-12-4-9-18-17(10-12)19(25-14(3)23)11-13(2)22(18)20(24)15-5-7-16(21)8-6-15/h4-10,13,19H,11H2,1-3H3/t13-,19+/m1/s1. The highest BCUT2D eigenvalue weighted by Gasteiger charge is 2.35. The van der Waals surface area contributed by atoms with Crippen LogP contribution in [0.5, 0.6) is 0 Å². The van der Waals surface area contributed by atoms with E-state index in [1.807, 2.05) is 56.3 Å². The molecular weight excluding hydrogens is 382 g/mol. The molecule has 0 aromatic heterocycles. The van der Waals surface area contributed by atoms with Crippen LogP contribution in [-0.4, -0.2) is 17.9 Å². The minimum Gasteiger partial charge on any atom is -0.458 e. The highest BCUT2D eigenvalue weighted by Crippen LogP contribution is 2.40. The van der Waals surface area contributed by atoms with Crippen LogP contribution in [0.15, 0.2) is 46.9 Å². The fourth-order valence-corrected chi connectivity index (χ4v) is 3.55. The highest BCUT2D eigenvalue weighted by molar-refractivity contribution is 9.10. The second-order valence-corrected chi connectivity index (χ2v) is 7.34. The largest absolute Gasteiger partial charge is 0.458 e. The van der Waals surface area contributed by atoms with Crippen molar-refractivity contribution in [1.82, 2.24) is 0 Å². The molecule has 2 atom stereocenters. The Balaban J connectivity index is 2.03. The Labute approximate surface area is 155 Å². The van der Waals surface area contributed by atoms with Gasteiger partial charge in [-0.2, -0.15) is 0 Å². The summed E-state index contributed by atoms with van der Waals surface area (Å²) in [6, 6.07) is 13.2. The highest BCUT2D eigenvalue weighted by atomic mass is 79.9.